The van der Waals surface area contributed by atoms with E-state index < -0.39 is 0 Å². The lowest BCUT2D eigenvalue weighted by atomic mass is 10.1. The Balaban J connectivity index is 1.48. The molecule has 1 atom stereocenters. The summed E-state index contributed by atoms with van der Waals surface area (Å²) in [6, 6.07) is 13.9. The highest BCUT2D eigenvalue weighted by molar-refractivity contribution is 5.98. The van der Waals surface area contributed by atoms with Crippen molar-refractivity contribution < 1.29 is 19.1 Å². The number of benzene rings is 2. The standard InChI is InChI=1S/C25H32N4O4/c1-3-29(4-2)25(32)18-10-12-20(13-11-18)26-17-23(30)28-21-8-5-7-19(15-21)24(31)27-16-22-9-6-14-33-22/h5,7-8,10-13,15,22,26H,3-4,6,9,14,16-17H2,1-2H3,(H,27,31)(H,28,30). The lowest BCUT2D eigenvalue weighted by Gasteiger charge is -2.18. The molecule has 0 radical (unpaired) electrons. The van der Waals surface area contributed by atoms with E-state index in [1.807, 2.05) is 13.8 Å². The van der Waals surface area contributed by atoms with Crippen LogP contribution in [0.5, 0.6) is 0 Å². The van der Waals surface area contributed by atoms with Gasteiger partial charge in [-0.1, -0.05) is 6.07 Å². The normalized spacial score (nSPS) is 15.0. The van der Waals surface area contributed by atoms with Crippen molar-refractivity contribution in [2.45, 2.75) is 32.8 Å². The number of nitrogens with zero attached hydrogens (tertiary/aromatic N) is 1. The zero-order valence-electron chi connectivity index (χ0n) is 19.2. The number of carbonyl (C=O) groups excluding carboxylic acids is 3. The number of ether oxygens (including phenoxy) is 1. The Bertz CT molecular complexity index is 951. The van der Waals surface area contributed by atoms with E-state index in [9.17, 15) is 14.4 Å². The third-order valence-corrected chi connectivity index (χ3v) is 5.56. The summed E-state index contributed by atoms with van der Waals surface area (Å²) in [7, 11) is 0. The number of anilines is 2. The average Bonchev–Trinajstić information content (AvgIpc) is 3.36. The number of amides is 3. The van der Waals surface area contributed by atoms with Crippen LogP contribution in [0.1, 0.15) is 47.4 Å². The van der Waals surface area contributed by atoms with Crippen LogP contribution in [0.4, 0.5) is 11.4 Å². The molecule has 3 rings (SSSR count). The van der Waals surface area contributed by atoms with Crippen molar-refractivity contribution in [3.8, 4) is 0 Å². The average molecular weight is 453 g/mol. The second-order valence-corrected chi connectivity index (χ2v) is 7.88. The van der Waals surface area contributed by atoms with Gasteiger partial charge in [0.15, 0.2) is 0 Å². The molecule has 0 aliphatic carbocycles. The molecule has 8 heteroatoms. The quantitative estimate of drug-likeness (QED) is 0.514. The molecule has 0 bridgehead atoms. The van der Waals surface area contributed by atoms with Gasteiger partial charge in [0.25, 0.3) is 11.8 Å². The first-order valence-electron chi connectivity index (χ1n) is 11.4. The predicted octanol–water partition coefficient (Wildman–Crippen LogP) is 3.13. The molecule has 33 heavy (non-hydrogen) atoms. The predicted molar refractivity (Wildman–Crippen MR) is 129 cm³/mol. The molecular formula is C25H32N4O4. The molecule has 3 N–H and O–H groups in total. The molecule has 1 heterocycles. The van der Waals surface area contributed by atoms with Gasteiger partial charge in [-0.15, -0.1) is 0 Å². The van der Waals surface area contributed by atoms with Gasteiger partial charge in [0.2, 0.25) is 5.91 Å². The molecule has 1 aliphatic rings. The summed E-state index contributed by atoms with van der Waals surface area (Å²) < 4.78 is 5.52. The molecule has 3 amide bonds. The summed E-state index contributed by atoms with van der Waals surface area (Å²) >= 11 is 0. The smallest absolute Gasteiger partial charge is 0.253 e. The Labute approximate surface area is 194 Å². The Morgan fingerprint density at radius 3 is 2.42 bits per heavy atom. The van der Waals surface area contributed by atoms with Gasteiger partial charge in [0.05, 0.1) is 12.6 Å². The van der Waals surface area contributed by atoms with Crippen LogP contribution in [0.25, 0.3) is 0 Å². The van der Waals surface area contributed by atoms with Crippen LogP contribution in [-0.2, 0) is 9.53 Å². The summed E-state index contributed by atoms with van der Waals surface area (Å²) in [5.74, 6) is -0.446. The maximum Gasteiger partial charge on any atom is 0.253 e. The fourth-order valence-corrected chi connectivity index (χ4v) is 3.66. The SMILES string of the molecule is CCN(CC)C(=O)c1ccc(NCC(=O)Nc2cccc(C(=O)NCC3CCCO3)c2)cc1. The minimum Gasteiger partial charge on any atom is -0.376 e. The molecule has 0 saturated carbocycles. The van der Waals surface area contributed by atoms with E-state index in [1.54, 1.807) is 53.4 Å². The molecule has 1 aliphatic heterocycles. The molecular weight excluding hydrogens is 420 g/mol. The third kappa shape index (κ3) is 7.05. The first-order chi connectivity index (χ1) is 16.0. The summed E-state index contributed by atoms with van der Waals surface area (Å²) in [5.41, 5.74) is 2.38. The van der Waals surface area contributed by atoms with Crippen LogP contribution in [0.3, 0.4) is 0 Å². The Morgan fingerprint density at radius 1 is 1.00 bits per heavy atom. The Hall–Kier alpha value is -3.39. The fraction of sp³-hybridized carbons (Fsp3) is 0.400. The van der Waals surface area contributed by atoms with Crippen molar-refractivity contribution in [1.82, 2.24) is 10.2 Å². The summed E-state index contributed by atoms with van der Waals surface area (Å²) in [4.78, 5) is 38.9. The zero-order chi connectivity index (χ0) is 23.6. The van der Waals surface area contributed by atoms with E-state index >= 15 is 0 Å². The van der Waals surface area contributed by atoms with E-state index in [0.29, 0.717) is 36.4 Å². The zero-order valence-corrected chi connectivity index (χ0v) is 19.2. The molecule has 176 valence electrons. The lowest BCUT2D eigenvalue weighted by Crippen LogP contribution is -2.31. The van der Waals surface area contributed by atoms with Crippen LogP contribution in [0, 0.1) is 0 Å². The first-order valence-corrected chi connectivity index (χ1v) is 11.4. The molecule has 1 saturated heterocycles. The number of rotatable bonds is 10. The second-order valence-electron chi connectivity index (χ2n) is 7.88. The fourth-order valence-electron chi connectivity index (χ4n) is 3.66. The van der Waals surface area contributed by atoms with E-state index in [-0.39, 0.29) is 30.4 Å². The van der Waals surface area contributed by atoms with E-state index in [4.69, 9.17) is 4.74 Å². The van der Waals surface area contributed by atoms with Gasteiger partial charge >= 0.3 is 0 Å². The van der Waals surface area contributed by atoms with Crippen molar-refractivity contribution in [3.05, 3.63) is 59.7 Å². The van der Waals surface area contributed by atoms with Crippen LogP contribution in [-0.4, -0.2) is 61.5 Å². The monoisotopic (exact) mass is 452 g/mol. The molecule has 0 aromatic heterocycles. The largest absolute Gasteiger partial charge is 0.376 e. The first kappa shape index (κ1) is 24.3. The van der Waals surface area contributed by atoms with E-state index in [0.717, 1.165) is 25.1 Å². The van der Waals surface area contributed by atoms with E-state index in [2.05, 4.69) is 16.0 Å². The maximum absolute atomic E-state index is 12.4. The van der Waals surface area contributed by atoms with Gasteiger partial charge in [0.1, 0.15) is 0 Å². The number of carbonyl (C=O) groups is 3. The van der Waals surface area contributed by atoms with Crippen LogP contribution in [0.2, 0.25) is 0 Å². The molecule has 1 fully saturated rings. The van der Waals surface area contributed by atoms with Gasteiger partial charge < -0.3 is 25.6 Å². The van der Waals surface area contributed by atoms with Crippen molar-refractivity contribution in [1.29, 1.82) is 0 Å². The van der Waals surface area contributed by atoms with Gasteiger partial charge in [0, 0.05) is 48.7 Å². The van der Waals surface area contributed by atoms with Crippen LogP contribution >= 0.6 is 0 Å². The molecule has 2 aromatic carbocycles. The van der Waals surface area contributed by atoms with Gasteiger partial charge in [-0.25, -0.2) is 0 Å². The Kier molecular flexibility index (Phi) is 8.83. The highest BCUT2D eigenvalue weighted by atomic mass is 16.5. The number of hydrogen-bond donors (Lipinski definition) is 3. The Morgan fingerprint density at radius 2 is 1.76 bits per heavy atom. The minimum atomic E-state index is -0.241. The van der Waals surface area contributed by atoms with Gasteiger partial charge in [-0.3, -0.25) is 14.4 Å². The molecule has 1 unspecified atom stereocenters. The molecule has 0 spiro atoms. The highest BCUT2D eigenvalue weighted by Crippen LogP contribution is 2.14. The van der Waals surface area contributed by atoms with Crippen molar-refractivity contribution in [2.24, 2.45) is 0 Å². The van der Waals surface area contributed by atoms with Crippen molar-refractivity contribution in [3.63, 3.8) is 0 Å². The summed E-state index contributed by atoms with van der Waals surface area (Å²) in [6.07, 6.45) is 2.06. The number of nitrogens with one attached hydrogen (secondary N) is 3. The van der Waals surface area contributed by atoms with Gasteiger partial charge in [-0.2, -0.15) is 0 Å². The minimum absolute atomic E-state index is 0.0102. The molecule has 8 nitrogen and oxygen atoms in total. The third-order valence-electron chi connectivity index (χ3n) is 5.56. The summed E-state index contributed by atoms with van der Waals surface area (Å²) in [6.45, 7) is 6.50. The van der Waals surface area contributed by atoms with Crippen LogP contribution < -0.4 is 16.0 Å². The lowest BCUT2D eigenvalue weighted by molar-refractivity contribution is -0.114. The van der Waals surface area contributed by atoms with E-state index in [1.165, 1.54) is 0 Å². The maximum atomic E-state index is 12.4. The van der Waals surface area contributed by atoms with Gasteiger partial charge in [-0.05, 0) is 69.2 Å². The van der Waals surface area contributed by atoms with Crippen molar-refractivity contribution >= 4 is 29.1 Å². The highest BCUT2D eigenvalue weighted by Gasteiger charge is 2.17. The molecule has 2 aromatic rings. The van der Waals surface area contributed by atoms with Crippen LogP contribution in [0.15, 0.2) is 48.5 Å². The summed E-state index contributed by atoms with van der Waals surface area (Å²) in [5, 5.41) is 8.72. The number of hydrogen-bond acceptors (Lipinski definition) is 5. The van der Waals surface area contributed by atoms with Crippen molar-refractivity contribution in [2.75, 3.05) is 43.4 Å². The topological polar surface area (TPSA) is 99.8 Å². The second kappa shape index (κ2) is 12.0.